The van der Waals surface area contributed by atoms with E-state index in [2.05, 4.69) is 35.6 Å². The number of carbonyl (C=O) groups excluding carboxylic acids is 2. The number of fused-ring (bicyclic) bond motifs is 1. The first-order valence-electron chi connectivity index (χ1n) is 5.83. The molecule has 2 aromatic carbocycles. The summed E-state index contributed by atoms with van der Waals surface area (Å²) >= 11 is 2.55. The predicted molar refractivity (Wildman–Crippen MR) is 80.2 cm³/mol. The summed E-state index contributed by atoms with van der Waals surface area (Å²) in [5.41, 5.74) is 1.16. The molecule has 0 saturated carbocycles. The molecular formula is C14H11NO2S2. The van der Waals surface area contributed by atoms with Crippen LogP contribution in [0, 0.1) is 0 Å². The monoisotopic (exact) mass is 289 g/mol. The Kier molecular flexibility index (Phi) is 3.48. The molecule has 1 unspecified atom stereocenters. The Morgan fingerprint density at radius 3 is 2.63 bits per heavy atom. The van der Waals surface area contributed by atoms with Gasteiger partial charge in [0.1, 0.15) is 4.58 Å². The molecule has 1 atom stereocenters. The van der Waals surface area contributed by atoms with Crippen LogP contribution in [0.15, 0.2) is 42.5 Å². The second-order valence-corrected chi connectivity index (χ2v) is 6.69. The number of rotatable bonds is 3. The quantitative estimate of drug-likeness (QED) is 0.941. The van der Waals surface area contributed by atoms with Gasteiger partial charge in [-0.2, -0.15) is 0 Å². The molecule has 0 radical (unpaired) electrons. The van der Waals surface area contributed by atoms with Crippen LogP contribution >= 0.6 is 23.5 Å². The zero-order valence-corrected chi connectivity index (χ0v) is 11.6. The van der Waals surface area contributed by atoms with Crippen LogP contribution in [0.3, 0.4) is 0 Å². The molecule has 3 nitrogen and oxygen atoms in total. The molecule has 3 rings (SSSR count). The van der Waals surface area contributed by atoms with Crippen molar-refractivity contribution in [1.29, 1.82) is 0 Å². The topological polar surface area (TPSA) is 46.2 Å². The molecular weight excluding hydrogens is 278 g/mol. The Morgan fingerprint density at radius 1 is 1.11 bits per heavy atom. The van der Waals surface area contributed by atoms with E-state index in [0.29, 0.717) is 0 Å². The summed E-state index contributed by atoms with van der Waals surface area (Å²) in [4.78, 5) is 22.5. The minimum atomic E-state index is -0.320. The van der Waals surface area contributed by atoms with E-state index in [1.165, 1.54) is 22.5 Å². The third kappa shape index (κ3) is 2.77. The lowest BCUT2D eigenvalue weighted by Crippen LogP contribution is -2.22. The summed E-state index contributed by atoms with van der Waals surface area (Å²) in [5.74, 6) is 0.532. The second kappa shape index (κ2) is 5.27. The highest BCUT2D eigenvalue weighted by Crippen LogP contribution is 2.32. The van der Waals surface area contributed by atoms with Crippen LogP contribution in [0.25, 0.3) is 10.8 Å². The van der Waals surface area contributed by atoms with Gasteiger partial charge in [0.2, 0.25) is 0 Å². The van der Waals surface area contributed by atoms with Crippen LogP contribution in [-0.2, 0) is 10.5 Å². The molecule has 19 heavy (non-hydrogen) atoms. The van der Waals surface area contributed by atoms with Crippen molar-refractivity contribution in [3.8, 4) is 0 Å². The normalized spacial score (nSPS) is 18.8. The fourth-order valence-electron chi connectivity index (χ4n) is 1.95. The van der Waals surface area contributed by atoms with Crippen molar-refractivity contribution < 1.29 is 9.59 Å². The van der Waals surface area contributed by atoms with Crippen molar-refractivity contribution in [2.24, 2.45) is 0 Å². The lowest BCUT2D eigenvalue weighted by atomic mass is 10.1. The molecule has 2 amide bonds. The standard InChI is InChI=1S/C14H11NO2S2/c16-12-13(19-14(17)15-12)18-8-9-5-6-10-3-1-2-4-11(10)7-9/h1-7,13H,8H2,(H,15,16,17). The van der Waals surface area contributed by atoms with Crippen LogP contribution in [0.1, 0.15) is 5.56 Å². The molecule has 96 valence electrons. The molecule has 0 aliphatic carbocycles. The molecule has 2 aromatic rings. The maximum absolute atomic E-state index is 11.4. The third-order valence-corrected chi connectivity index (χ3v) is 5.33. The summed E-state index contributed by atoms with van der Waals surface area (Å²) in [6.45, 7) is 0. The molecule has 1 N–H and O–H groups in total. The number of hydrogen-bond donors (Lipinski definition) is 1. The molecule has 1 fully saturated rings. The number of amides is 2. The summed E-state index contributed by atoms with van der Waals surface area (Å²) in [7, 11) is 0. The zero-order chi connectivity index (χ0) is 13.2. The zero-order valence-electron chi connectivity index (χ0n) is 9.96. The van der Waals surface area contributed by atoms with Gasteiger partial charge in [0.05, 0.1) is 0 Å². The van der Waals surface area contributed by atoms with Gasteiger partial charge in [-0.3, -0.25) is 14.9 Å². The van der Waals surface area contributed by atoms with Gasteiger partial charge in [0.15, 0.2) is 0 Å². The minimum absolute atomic E-state index is 0.194. The Morgan fingerprint density at radius 2 is 1.89 bits per heavy atom. The highest BCUT2D eigenvalue weighted by atomic mass is 32.2. The highest BCUT2D eigenvalue weighted by molar-refractivity contribution is 8.26. The van der Waals surface area contributed by atoms with Gasteiger partial charge in [-0.15, -0.1) is 11.8 Å². The summed E-state index contributed by atoms with van der Waals surface area (Å²) < 4.78 is -0.320. The van der Waals surface area contributed by atoms with Crippen LogP contribution < -0.4 is 5.32 Å². The molecule has 0 bridgehead atoms. The summed E-state index contributed by atoms with van der Waals surface area (Å²) in [6, 6.07) is 14.4. The third-order valence-electron chi connectivity index (χ3n) is 2.87. The van der Waals surface area contributed by atoms with Crippen LogP contribution in [0.5, 0.6) is 0 Å². The summed E-state index contributed by atoms with van der Waals surface area (Å²) in [6.07, 6.45) is 0. The smallest absolute Gasteiger partial charge is 0.285 e. The Hall–Kier alpha value is -1.46. The van der Waals surface area contributed by atoms with E-state index < -0.39 is 0 Å². The SMILES string of the molecule is O=C1NC(=O)C(SCc2ccc3ccccc3c2)S1. The predicted octanol–water partition coefficient (Wildman–Crippen LogP) is 3.38. The van der Waals surface area contributed by atoms with Gasteiger partial charge >= 0.3 is 0 Å². The number of imide groups is 1. The summed E-state index contributed by atoms with van der Waals surface area (Å²) in [5, 5.41) is 4.45. The van der Waals surface area contributed by atoms with Crippen LogP contribution in [-0.4, -0.2) is 15.7 Å². The van der Waals surface area contributed by atoms with E-state index in [9.17, 15) is 9.59 Å². The van der Waals surface area contributed by atoms with E-state index in [4.69, 9.17) is 0 Å². The van der Waals surface area contributed by atoms with Crippen molar-refractivity contribution in [3.63, 3.8) is 0 Å². The Labute approximate surface area is 119 Å². The molecule has 1 aliphatic heterocycles. The van der Waals surface area contributed by atoms with Gasteiger partial charge in [0, 0.05) is 5.75 Å². The van der Waals surface area contributed by atoms with Crippen LogP contribution in [0.2, 0.25) is 0 Å². The van der Waals surface area contributed by atoms with Gasteiger partial charge < -0.3 is 0 Å². The second-order valence-electron chi connectivity index (χ2n) is 4.22. The lowest BCUT2D eigenvalue weighted by molar-refractivity contribution is -0.117. The van der Waals surface area contributed by atoms with Gasteiger partial charge in [0.25, 0.3) is 11.1 Å². The van der Waals surface area contributed by atoms with Crippen molar-refractivity contribution in [1.82, 2.24) is 5.32 Å². The number of carbonyl (C=O) groups is 2. The van der Waals surface area contributed by atoms with Crippen molar-refractivity contribution in [3.05, 3.63) is 48.0 Å². The number of nitrogens with one attached hydrogen (secondary N) is 1. The average molecular weight is 289 g/mol. The first kappa shape index (κ1) is 12.6. The van der Waals surface area contributed by atoms with E-state index in [-0.39, 0.29) is 15.7 Å². The van der Waals surface area contributed by atoms with E-state index in [0.717, 1.165) is 23.1 Å². The molecule has 1 heterocycles. The van der Waals surface area contributed by atoms with Crippen LogP contribution in [0.4, 0.5) is 4.79 Å². The molecule has 5 heteroatoms. The van der Waals surface area contributed by atoms with Gasteiger partial charge in [-0.05, 0) is 28.1 Å². The van der Waals surface area contributed by atoms with Crippen molar-refractivity contribution in [2.75, 3.05) is 0 Å². The van der Waals surface area contributed by atoms with E-state index in [1.54, 1.807) is 0 Å². The average Bonchev–Trinajstić information content (AvgIpc) is 2.74. The fourth-order valence-corrected chi connectivity index (χ4v) is 3.94. The largest absolute Gasteiger partial charge is 0.287 e. The van der Waals surface area contributed by atoms with Gasteiger partial charge in [-0.1, -0.05) is 42.5 Å². The van der Waals surface area contributed by atoms with Crippen molar-refractivity contribution >= 4 is 45.4 Å². The maximum atomic E-state index is 11.4. The first-order chi connectivity index (χ1) is 9.22. The number of hydrogen-bond acceptors (Lipinski definition) is 4. The number of thioether (sulfide) groups is 2. The number of benzene rings is 2. The van der Waals surface area contributed by atoms with E-state index >= 15 is 0 Å². The highest BCUT2D eigenvalue weighted by Gasteiger charge is 2.31. The van der Waals surface area contributed by atoms with Crippen molar-refractivity contribution in [2.45, 2.75) is 10.3 Å². The minimum Gasteiger partial charge on any atom is -0.285 e. The maximum Gasteiger partial charge on any atom is 0.287 e. The molecule has 0 spiro atoms. The molecule has 0 aromatic heterocycles. The first-order valence-corrected chi connectivity index (χ1v) is 7.76. The molecule has 1 aliphatic rings. The Balaban J connectivity index is 1.71. The Bertz CT molecular complexity index is 657. The lowest BCUT2D eigenvalue weighted by Gasteiger charge is -2.06. The van der Waals surface area contributed by atoms with E-state index in [1.807, 2.05) is 12.1 Å². The van der Waals surface area contributed by atoms with Gasteiger partial charge in [-0.25, -0.2) is 0 Å². The fraction of sp³-hybridized carbons (Fsp3) is 0.143. The molecule has 1 saturated heterocycles.